The Hall–Kier alpha value is -0.410. The van der Waals surface area contributed by atoms with Gasteiger partial charge in [0.1, 0.15) is 6.61 Å². The molecule has 2 N–H and O–H groups in total. The van der Waals surface area contributed by atoms with E-state index in [2.05, 4.69) is 0 Å². The molecule has 0 atom stereocenters. The Labute approximate surface area is 80.6 Å². The van der Waals surface area contributed by atoms with Gasteiger partial charge in [-0.2, -0.15) is 0 Å². The maximum atomic E-state index is 11.2. The molecule has 3 nitrogen and oxygen atoms in total. The molecular weight excluding hydrogens is 166 g/mol. The molecule has 0 aromatic carbocycles. The van der Waals surface area contributed by atoms with Crippen molar-refractivity contribution in [3.8, 4) is 0 Å². The van der Waals surface area contributed by atoms with E-state index in [1.807, 2.05) is 20.8 Å². The van der Waals surface area contributed by atoms with Crippen LogP contribution in [0.2, 0.25) is 0 Å². The zero-order valence-corrected chi connectivity index (χ0v) is 8.93. The predicted molar refractivity (Wildman–Crippen MR) is 53.6 cm³/mol. The minimum atomic E-state index is -0.250. The SMILES string of the molecule is CCCOCC(=O)CCC(C)(C)N. The Balaban J connectivity index is 3.41. The van der Waals surface area contributed by atoms with E-state index in [0.29, 0.717) is 13.0 Å². The maximum Gasteiger partial charge on any atom is 0.158 e. The highest BCUT2D eigenvalue weighted by atomic mass is 16.5. The number of carbonyl (C=O) groups excluding carboxylic acids is 1. The van der Waals surface area contributed by atoms with Crippen molar-refractivity contribution < 1.29 is 9.53 Å². The number of hydrogen-bond acceptors (Lipinski definition) is 3. The molecule has 0 bridgehead atoms. The summed E-state index contributed by atoms with van der Waals surface area (Å²) in [5.41, 5.74) is 5.50. The molecule has 0 saturated carbocycles. The van der Waals surface area contributed by atoms with E-state index in [4.69, 9.17) is 10.5 Å². The van der Waals surface area contributed by atoms with Crippen LogP contribution in [-0.4, -0.2) is 24.5 Å². The summed E-state index contributed by atoms with van der Waals surface area (Å²) in [6.07, 6.45) is 2.20. The van der Waals surface area contributed by atoms with E-state index in [1.165, 1.54) is 0 Å². The minimum Gasteiger partial charge on any atom is -0.374 e. The molecule has 13 heavy (non-hydrogen) atoms. The molecule has 0 spiro atoms. The van der Waals surface area contributed by atoms with Crippen molar-refractivity contribution in [2.24, 2.45) is 5.73 Å². The van der Waals surface area contributed by atoms with E-state index in [-0.39, 0.29) is 17.9 Å². The summed E-state index contributed by atoms with van der Waals surface area (Å²) in [6.45, 7) is 6.77. The van der Waals surface area contributed by atoms with Crippen LogP contribution >= 0.6 is 0 Å². The Morgan fingerprint density at radius 2 is 2.08 bits per heavy atom. The molecule has 0 amide bonds. The summed E-state index contributed by atoms with van der Waals surface area (Å²) < 4.78 is 5.12. The summed E-state index contributed by atoms with van der Waals surface area (Å²) in [6, 6.07) is 0. The number of ether oxygens (including phenoxy) is 1. The summed E-state index contributed by atoms with van der Waals surface area (Å²) in [5.74, 6) is 0.145. The monoisotopic (exact) mass is 187 g/mol. The van der Waals surface area contributed by atoms with Crippen LogP contribution in [0.4, 0.5) is 0 Å². The number of rotatable bonds is 7. The molecule has 0 radical (unpaired) electrons. The lowest BCUT2D eigenvalue weighted by atomic mass is 9.99. The highest BCUT2D eigenvalue weighted by Gasteiger charge is 2.12. The van der Waals surface area contributed by atoms with Gasteiger partial charge in [0.2, 0.25) is 0 Å². The van der Waals surface area contributed by atoms with Crippen molar-refractivity contribution in [2.45, 2.75) is 45.6 Å². The Morgan fingerprint density at radius 1 is 1.46 bits per heavy atom. The average molecular weight is 187 g/mol. The second-order valence-electron chi connectivity index (χ2n) is 4.08. The number of Topliss-reactive ketones (excluding diaryl/α,β-unsaturated/α-hetero) is 1. The van der Waals surface area contributed by atoms with Gasteiger partial charge in [0.15, 0.2) is 5.78 Å². The lowest BCUT2D eigenvalue weighted by Gasteiger charge is -2.17. The van der Waals surface area contributed by atoms with Crippen LogP contribution in [0.1, 0.15) is 40.0 Å². The van der Waals surface area contributed by atoms with Crippen LogP contribution < -0.4 is 5.73 Å². The third kappa shape index (κ3) is 9.50. The molecule has 0 aliphatic rings. The van der Waals surface area contributed by atoms with Gasteiger partial charge in [0.25, 0.3) is 0 Å². The second-order valence-corrected chi connectivity index (χ2v) is 4.08. The van der Waals surface area contributed by atoms with Crippen LogP contribution in [-0.2, 0) is 9.53 Å². The van der Waals surface area contributed by atoms with Crippen molar-refractivity contribution in [1.29, 1.82) is 0 Å². The van der Waals surface area contributed by atoms with Gasteiger partial charge >= 0.3 is 0 Å². The van der Waals surface area contributed by atoms with Gasteiger partial charge in [0, 0.05) is 18.6 Å². The van der Waals surface area contributed by atoms with Gasteiger partial charge in [-0.25, -0.2) is 0 Å². The van der Waals surface area contributed by atoms with Gasteiger partial charge in [-0.1, -0.05) is 6.92 Å². The summed E-state index contributed by atoms with van der Waals surface area (Å²) in [7, 11) is 0. The van der Waals surface area contributed by atoms with Gasteiger partial charge in [-0.15, -0.1) is 0 Å². The van der Waals surface area contributed by atoms with Crippen molar-refractivity contribution in [3.05, 3.63) is 0 Å². The van der Waals surface area contributed by atoms with Crippen LogP contribution in [0.15, 0.2) is 0 Å². The number of carbonyl (C=O) groups is 1. The molecule has 0 saturated heterocycles. The van der Waals surface area contributed by atoms with Crippen LogP contribution in [0, 0.1) is 0 Å². The average Bonchev–Trinajstić information content (AvgIpc) is 2.00. The standard InChI is InChI=1S/C10H21NO2/c1-4-7-13-8-9(12)5-6-10(2,3)11/h4-8,11H2,1-3H3. The maximum absolute atomic E-state index is 11.2. The molecular formula is C10H21NO2. The molecule has 78 valence electrons. The second kappa shape index (κ2) is 6.11. The quantitative estimate of drug-likeness (QED) is 0.614. The van der Waals surface area contributed by atoms with Gasteiger partial charge in [-0.3, -0.25) is 4.79 Å². The van der Waals surface area contributed by atoms with Gasteiger partial charge in [0.05, 0.1) is 0 Å². The highest BCUT2D eigenvalue weighted by molar-refractivity contribution is 5.79. The van der Waals surface area contributed by atoms with Crippen molar-refractivity contribution in [1.82, 2.24) is 0 Å². The largest absolute Gasteiger partial charge is 0.374 e. The van der Waals surface area contributed by atoms with E-state index >= 15 is 0 Å². The molecule has 0 heterocycles. The number of nitrogens with two attached hydrogens (primary N) is 1. The molecule has 0 aromatic rings. The van der Waals surface area contributed by atoms with Crippen LogP contribution in [0.3, 0.4) is 0 Å². The molecule has 0 unspecified atom stereocenters. The lowest BCUT2D eigenvalue weighted by Crippen LogP contribution is -2.32. The fourth-order valence-corrected chi connectivity index (χ4v) is 0.864. The van der Waals surface area contributed by atoms with Crippen LogP contribution in [0.5, 0.6) is 0 Å². The molecule has 0 rings (SSSR count). The Kier molecular flexibility index (Phi) is 5.91. The zero-order chi connectivity index (χ0) is 10.3. The Morgan fingerprint density at radius 3 is 2.54 bits per heavy atom. The molecule has 0 aliphatic carbocycles. The van der Waals surface area contributed by atoms with Crippen LogP contribution in [0.25, 0.3) is 0 Å². The van der Waals surface area contributed by atoms with E-state index < -0.39 is 0 Å². The van der Waals surface area contributed by atoms with Crippen molar-refractivity contribution >= 4 is 5.78 Å². The fourth-order valence-electron chi connectivity index (χ4n) is 0.864. The first-order valence-electron chi connectivity index (χ1n) is 4.84. The fraction of sp³-hybridized carbons (Fsp3) is 0.900. The lowest BCUT2D eigenvalue weighted by molar-refractivity contribution is -0.123. The molecule has 0 fully saturated rings. The summed E-state index contributed by atoms with van der Waals surface area (Å²) >= 11 is 0. The molecule has 0 aliphatic heterocycles. The van der Waals surface area contributed by atoms with Gasteiger partial charge < -0.3 is 10.5 Å². The third-order valence-electron chi connectivity index (χ3n) is 1.66. The highest BCUT2D eigenvalue weighted by Crippen LogP contribution is 2.07. The van der Waals surface area contributed by atoms with Gasteiger partial charge in [-0.05, 0) is 26.7 Å². The third-order valence-corrected chi connectivity index (χ3v) is 1.66. The first-order chi connectivity index (χ1) is 5.95. The minimum absolute atomic E-state index is 0.145. The summed E-state index contributed by atoms with van der Waals surface area (Å²) in [4.78, 5) is 11.2. The van der Waals surface area contributed by atoms with Crippen molar-refractivity contribution in [3.63, 3.8) is 0 Å². The van der Waals surface area contributed by atoms with E-state index in [9.17, 15) is 4.79 Å². The molecule has 3 heteroatoms. The number of hydrogen-bond donors (Lipinski definition) is 1. The first-order valence-corrected chi connectivity index (χ1v) is 4.84. The molecule has 0 aromatic heterocycles. The first kappa shape index (κ1) is 12.6. The summed E-state index contributed by atoms with van der Waals surface area (Å²) in [5, 5.41) is 0. The topological polar surface area (TPSA) is 52.3 Å². The van der Waals surface area contributed by atoms with E-state index in [0.717, 1.165) is 12.8 Å². The smallest absolute Gasteiger partial charge is 0.158 e. The van der Waals surface area contributed by atoms with Crippen molar-refractivity contribution in [2.75, 3.05) is 13.2 Å². The normalized spacial score (nSPS) is 11.7. The van der Waals surface area contributed by atoms with E-state index in [1.54, 1.807) is 0 Å². The Bertz CT molecular complexity index is 149. The zero-order valence-electron chi connectivity index (χ0n) is 8.93. The number of ketones is 1. The predicted octanol–water partition coefficient (Wildman–Crippen LogP) is 1.50.